The number of aryl methyl sites for hydroxylation is 1. The van der Waals surface area contributed by atoms with E-state index in [4.69, 9.17) is 5.73 Å². The summed E-state index contributed by atoms with van der Waals surface area (Å²) in [7, 11) is 0. The average Bonchev–Trinajstić information content (AvgIpc) is 2.65. The lowest BCUT2D eigenvalue weighted by Gasteiger charge is -2.31. The highest BCUT2D eigenvalue weighted by molar-refractivity contribution is 7.09. The monoisotopic (exact) mass is 267 g/mol. The molecule has 102 valence electrons. The van der Waals surface area contributed by atoms with Crippen LogP contribution in [0.1, 0.15) is 49.2 Å². The minimum Gasteiger partial charge on any atom is -0.330 e. The molecule has 2 rings (SSSR count). The zero-order chi connectivity index (χ0) is 12.8. The largest absolute Gasteiger partial charge is 0.330 e. The van der Waals surface area contributed by atoms with Gasteiger partial charge in [-0.15, -0.1) is 11.3 Å². The first-order valence-corrected chi connectivity index (χ1v) is 7.94. The molecule has 18 heavy (non-hydrogen) atoms. The smallest absolute Gasteiger partial charge is 0.0897 e. The summed E-state index contributed by atoms with van der Waals surface area (Å²) in [4.78, 5) is 4.49. The zero-order valence-corrected chi connectivity index (χ0v) is 12.2. The molecular weight excluding hydrogens is 242 g/mol. The normalized spacial score (nSPS) is 19.7. The highest BCUT2D eigenvalue weighted by atomic mass is 32.1. The maximum Gasteiger partial charge on any atom is 0.0897 e. The van der Waals surface area contributed by atoms with Gasteiger partial charge in [0.05, 0.1) is 10.7 Å². The van der Waals surface area contributed by atoms with E-state index < -0.39 is 0 Å². The number of thiazole rings is 1. The molecule has 1 aliphatic carbocycles. The van der Waals surface area contributed by atoms with Gasteiger partial charge >= 0.3 is 0 Å². The molecule has 1 saturated carbocycles. The van der Waals surface area contributed by atoms with E-state index in [1.165, 1.54) is 44.2 Å². The van der Waals surface area contributed by atoms with E-state index in [0.717, 1.165) is 24.6 Å². The van der Waals surface area contributed by atoms with Gasteiger partial charge in [0, 0.05) is 18.5 Å². The fraction of sp³-hybridized carbons (Fsp3) is 0.786. The zero-order valence-electron chi connectivity index (χ0n) is 11.4. The fourth-order valence-corrected chi connectivity index (χ4v) is 3.49. The second-order valence-electron chi connectivity index (χ2n) is 5.58. The summed E-state index contributed by atoms with van der Waals surface area (Å²) in [6.07, 6.45) is 8.02. The SMILES string of the molecule is Cc1nc(CNCC2(CN)CCCCCC2)cs1. The van der Waals surface area contributed by atoms with Gasteiger partial charge in [-0.05, 0) is 31.7 Å². The topological polar surface area (TPSA) is 50.9 Å². The third-order valence-corrected chi connectivity index (χ3v) is 4.89. The molecule has 0 spiro atoms. The Bertz CT molecular complexity index is 354. The molecule has 1 aromatic rings. The highest BCUT2D eigenvalue weighted by Crippen LogP contribution is 2.33. The molecule has 3 N–H and O–H groups in total. The maximum absolute atomic E-state index is 6.04. The Balaban J connectivity index is 1.82. The standard InChI is InChI=1S/C14H25N3S/c1-12-17-13(9-18-12)8-16-11-14(10-15)6-4-2-3-5-7-14/h9,16H,2-8,10-11,15H2,1H3. The molecular formula is C14H25N3S. The van der Waals surface area contributed by atoms with E-state index in [-0.39, 0.29) is 0 Å². The number of hydrogen-bond acceptors (Lipinski definition) is 4. The van der Waals surface area contributed by atoms with Crippen molar-refractivity contribution in [2.24, 2.45) is 11.1 Å². The van der Waals surface area contributed by atoms with Gasteiger partial charge in [0.25, 0.3) is 0 Å². The summed E-state index contributed by atoms with van der Waals surface area (Å²) in [5, 5.41) is 6.86. The van der Waals surface area contributed by atoms with Crippen molar-refractivity contribution < 1.29 is 0 Å². The maximum atomic E-state index is 6.04. The highest BCUT2D eigenvalue weighted by Gasteiger charge is 2.28. The molecule has 0 aliphatic heterocycles. The second-order valence-corrected chi connectivity index (χ2v) is 6.64. The molecule has 0 unspecified atom stereocenters. The summed E-state index contributed by atoms with van der Waals surface area (Å²) < 4.78 is 0. The molecule has 0 saturated heterocycles. The first-order chi connectivity index (χ1) is 8.74. The van der Waals surface area contributed by atoms with Gasteiger partial charge in [-0.25, -0.2) is 4.98 Å². The van der Waals surface area contributed by atoms with Gasteiger partial charge in [-0.2, -0.15) is 0 Å². The van der Waals surface area contributed by atoms with Crippen molar-refractivity contribution >= 4 is 11.3 Å². The van der Waals surface area contributed by atoms with E-state index in [1.54, 1.807) is 11.3 Å². The van der Waals surface area contributed by atoms with E-state index in [0.29, 0.717) is 5.41 Å². The van der Waals surface area contributed by atoms with Crippen molar-refractivity contribution in [3.8, 4) is 0 Å². The van der Waals surface area contributed by atoms with Gasteiger partial charge < -0.3 is 11.1 Å². The first kappa shape index (κ1) is 14.0. The van der Waals surface area contributed by atoms with Crippen LogP contribution in [-0.2, 0) is 6.54 Å². The molecule has 1 fully saturated rings. The van der Waals surface area contributed by atoms with Crippen LogP contribution in [0, 0.1) is 12.3 Å². The van der Waals surface area contributed by atoms with Crippen LogP contribution in [0.25, 0.3) is 0 Å². The Kier molecular flexibility index (Phi) is 5.15. The van der Waals surface area contributed by atoms with Crippen LogP contribution in [0.3, 0.4) is 0 Å². The minimum absolute atomic E-state index is 0.335. The molecule has 3 nitrogen and oxygen atoms in total. The van der Waals surface area contributed by atoms with Gasteiger partial charge in [0.1, 0.15) is 0 Å². The lowest BCUT2D eigenvalue weighted by Crippen LogP contribution is -2.40. The number of aromatic nitrogens is 1. The van der Waals surface area contributed by atoms with Crippen LogP contribution < -0.4 is 11.1 Å². The van der Waals surface area contributed by atoms with Crippen LogP contribution in [0.2, 0.25) is 0 Å². The number of hydrogen-bond donors (Lipinski definition) is 2. The minimum atomic E-state index is 0.335. The molecule has 1 aliphatic rings. The Morgan fingerprint density at radius 2 is 2.06 bits per heavy atom. The van der Waals surface area contributed by atoms with Gasteiger partial charge in [-0.1, -0.05) is 25.7 Å². The molecule has 0 bridgehead atoms. The van der Waals surface area contributed by atoms with Crippen molar-refractivity contribution in [2.75, 3.05) is 13.1 Å². The first-order valence-electron chi connectivity index (χ1n) is 7.06. The third-order valence-electron chi connectivity index (χ3n) is 4.07. The summed E-state index contributed by atoms with van der Waals surface area (Å²) in [5.41, 5.74) is 7.54. The third kappa shape index (κ3) is 3.77. The molecule has 1 heterocycles. The molecule has 0 radical (unpaired) electrons. The van der Waals surface area contributed by atoms with Crippen LogP contribution in [0.5, 0.6) is 0 Å². The summed E-state index contributed by atoms with van der Waals surface area (Å²) in [5.74, 6) is 0. The van der Waals surface area contributed by atoms with Crippen molar-refractivity contribution in [3.63, 3.8) is 0 Å². The molecule has 0 aromatic carbocycles. The van der Waals surface area contributed by atoms with Crippen LogP contribution in [-0.4, -0.2) is 18.1 Å². The predicted molar refractivity (Wildman–Crippen MR) is 77.7 cm³/mol. The van der Waals surface area contributed by atoms with E-state index in [9.17, 15) is 0 Å². The Morgan fingerprint density at radius 3 is 2.61 bits per heavy atom. The molecule has 0 amide bonds. The summed E-state index contributed by atoms with van der Waals surface area (Å²) in [6.45, 7) is 4.79. The number of nitrogens with zero attached hydrogens (tertiary/aromatic N) is 1. The second kappa shape index (κ2) is 6.64. The van der Waals surface area contributed by atoms with E-state index in [2.05, 4.69) is 22.6 Å². The fourth-order valence-electron chi connectivity index (χ4n) is 2.88. The Morgan fingerprint density at radius 1 is 1.33 bits per heavy atom. The van der Waals surface area contributed by atoms with Gasteiger partial charge in [0.2, 0.25) is 0 Å². The number of rotatable bonds is 5. The van der Waals surface area contributed by atoms with Gasteiger partial charge in [-0.3, -0.25) is 0 Å². The van der Waals surface area contributed by atoms with Crippen LogP contribution in [0.4, 0.5) is 0 Å². The number of nitrogens with two attached hydrogens (primary N) is 1. The van der Waals surface area contributed by atoms with Crippen molar-refractivity contribution in [1.82, 2.24) is 10.3 Å². The molecule has 1 aromatic heterocycles. The molecule has 4 heteroatoms. The quantitative estimate of drug-likeness (QED) is 0.807. The lowest BCUT2D eigenvalue weighted by atomic mass is 9.80. The van der Waals surface area contributed by atoms with Crippen molar-refractivity contribution in [3.05, 3.63) is 16.1 Å². The van der Waals surface area contributed by atoms with E-state index in [1.807, 2.05) is 0 Å². The van der Waals surface area contributed by atoms with Crippen molar-refractivity contribution in [2.45, 2.75) is 52.0 Å². The van der Waals surface area contributed by atoms with Crippen LogP contribution in [0.15, 0.2) is 5.38 Å². The Labute approximate surface area is 114 Å². The molecule has 0 atom stereocenters. The average molecular weight is 267 g/mol. The predicted octanol–water partition coefficient (Wildman–Crippen LogP) is 2.84. The van der Waals surface area contributed by atoms with Crippen LogP contribution >= 0.6 is 11.3 Å². The summed E-state index contributed by atoms with van der Waals surface area (Å²) >= 11 is 1.72. The van der Waals surface area contributed by atoms with Gasteiger partial charge in [0.15, 0.2) is 0 Å². The Hall–Kier alpha value is -0.450. The van der Waals surface area contributed by atoms with Crippen molar-refractivity contribution in [1.29, 1.82) is 0 Å². The summed E-state index contributed by atoms with van der Waals surface area (Å²) in [6, 6.07) is 0. The number of nitrogens with one attached hydrogen (secondary N) is 1. The van der Waals surface area contributed by atoms with E-state index >= 15 is 0 Å². The lowest BCUT2D eigenvalue weighted by molar-refractivity contribution is 0.241.